The Morgan fingerprint density at radius 2 is 2.18 bits per heavy atom. The zero-order chi connectivity index (χ0) is 16.3. The van der Waals surface area contributed by atoms with Crippen LogP contribution in [-0.4, -0.2) is 30.9 Å². The van der Waals surface area contributed by atoms with Gasteiger partial charge in [0.25, 0.3) is 0 Å². The Bertz CT molecular complexity index is 542. The summed E-state index contributed by atoms with van der Waals surface area (Å²) in [5.74, 6) is 0.254. The Balaban J connectivity index is 2.14. The highest BCUT2D eigenvalue weighted by Crippen LogP contribution is 2.28. The molecule has 1 fully saturated rings. The van der Waals surface area contributed by atoms with E-state index in [0.717, 1.165) is 42.9 Å². The van der Waals surface area contributed by atoms with E-state index < -0.39 is 0 Å². The van der Waals surface area contributed by atoms with Gasteiger partial charge in [0.2, 0.25) is 5.91 Å². The van der Waals surface area contributed by atoms with Crippen LogP contribution in [0.15, 0.2) is 18.2 Å². The molecule has 3 nitrogen and oxygen atoms in total. The first-order chi connectivity index (χ1) is 10.3. The Kier molecular flexibility index (Phi) is 5.51. The van der Waals surface area contributed by atoms with Gasteiger partial charge in [-0.2, -0.15) is 0 Å². The summed E-state index contributed by atoms with van der Waals surface area (Å²) in [5.41, 5.74) is 1.96. The molecule has 4 heteroatoms. The Hall–Kier alpha value is -1.06. The molecule has 0 radical (unpaired) electrons. The predicted octanol–water partition coefficient (Wildman–Crippen LogP) is 3.60. The van der Waals surface area contributed by atoms with Crippen molar-refractivity contribution in [2.24, 2.45) is 5.92 Å². The number of benzene rings is 1. The molecule has 22 heavy (non-hydrogen) atoms. The predicted molar refractivity (Wildman–Crippen MR) is 92.2 cm³/mol. The molecule has 0 bridgehead atoms. The zero-order valence-corrected chi connectivity index (χ0v) is 14.8. The van der Waals surface area contributed by atoms with Crippen molar-refractivity contribution in [3.8, 4) is 0 Å². The van der Waals surface area contributed by atoms with Gasteiger partial charge in [-0.3, -0.25) is 4.79 Å². The van der Waals surface area contributed by atoms with Crippen LogP contribution < -0.4 is 5.32 Å². The van der Waals surface area contributed by atoms with Gasteiger partial charge in [-0.1, -0.05) is 24.6 Å². The van der Waals surface area contributed by atoms with Gasteiger partial charge >= 0.3 is 0 Å². The lowest BCUT2D eigenvalue weighted by Crippen LogP contribution is -2.48. The number of amides is 1. The molecule has 1 aromatic carbocycles. The monoisotopic (exact) mass is 322 g/mol. The van der Waals surface area contributed by atoms with Crippen LogP contribution in [0.25, 0.3) is 0 Å². The second-order valence-corrected chi connectivity index (χ2v) is 7.31. The summed E-state index contributed by atoms with van der Waals surface area (Å²) in [6, 6.07) is 5.94. The number of aryl methyl sites for hydroxylation is 1. The largest absolute Gasteiger partial charge is 0.347 e. The zero-order valence-electron chi connectivity index (χ0n) is 14.1. The minimum atomic E-state index is -0.386. The maximum Gasteiger partial charge on any atom is 0.225 e. The van der Waals surface area contributed by atoms with E-state index in [9.17, 15) is 4.79 Å². The fraction of sp³-hybridized carbons (Fsp3) is 0.611. The highest BCUT2D eigenvalue weighted by atomic mass is 35.5. The minimum absolute atomic E-state index is 0.0930. The van der Waals surface area contributed by atoms with Crippen molar-refractivity contribution in [3.63, 3.8) is 0 Å². The summed E-state index contributed by atoms with van der Waals surface area (Å²) < 4.78 is 0. The molecule has 122 valence electrons. The number of carbonyl (C=O) groups excluding carboxylic acids is 1. The fourth-order valence-electron chi connectivity index (χ4n) is 3.32. The third-order valence-electron chi connectivity index (χ3n) is 4.55. The van der Waals surface area contributed by atoms with Crippen molar-refractivity contribution < 1.29 is 4.79 Å². The Labute approximate surface area is 139 Å². The summed E-state index contributed by atoms with van der Waals surface area (Å²) in [5, 5.41) is 4.00. The van der Waals surface area contributed by atoms with Crippen LogP contribution in [0.3, 0.4) is 0 Å². The third-order valence-corrected chi connectivity index (χ3v) is 4.79. The molecule has 1 N–H and O–H groups in total. The number of hydrogen-bond acceptors (Lipinski definition) is 2. The van der Waals surface area contributed by atoms with E-state index in [1.54, 1.807) is 0 Å². The molecule has 0 saturated carbocycles. The molecule has 1 heterocycles. The first kappa shape index (κ1) is 17.3. The number of hydrogen-bond donors (Lipinski definition) is 1. The van der Waals surface area contributed by atoms with Gasteiger partial charge in [0.05, 0.1) is 11.5 Å². The van der Waals surface area contributed by atoms with Crippen LogP contribution in [0.1, 0.15) is 44.7 Å². The number of rotatable bonds is 4. The lowest BCUT2D eigenvalue weighted by Gasteiger charge is -2.34. The normalized spacial score (nSPS) is 20.0. The number of halogens is 1. The molecule has 1 aromatic rings. The number of likely N-dealkylation sites (tertiary alicyclic amines) is 1. The van der Waals surface area contributed by atoms with Crippen LogP contribution in [-0.2, 0) is 16.8 Å². The molecule has 1 amide bonds. The summed E-state index contributed by atoms with van der Waals surface area (Å²) >= 11 is 6.10. The van der Waals surface area contributed by atoms with E-state index in [1.165, 1.54) is 5.56 Å². The number of nitrogens with one attached hydrogen (secondary N) is 1. The van der Waals surface area contributed by atoms with Gasteiger partial charge in [-0.15, -0.1) is 0 Å². The Morgan fingerprint density at radius 3 is 2.82 bits per heavy atom. The highest BCUT2D eigenvalue weighted by molar-refractivity contribution is 6.30. The second kappa shape index (κ2) is 7.01. The first-order valence-electron chi connectivity index (χ1n) is 8.13. The average Bonchev–Trinajstić information content (AvgIpc) is 2.46. The molecule has 2 rings (SSSR count). The molecule has 1 aliphatic heterocycles. The summed E-state index contributed by atoms with van der Waals surface area (Å²) in [6.07, 6.45) is 2.98. The van der Waals surface area contributed by atoms with Crippen LogP contribution in [0.2, 0.25) is 5.02 Å². The lowest BCUT2D eigenvalue weighted by molar-refractivity contribution is -0.128. The van der Waals surface area contributed by atoms with Gasteiger partial charge in [-0.05, 0) is 70.0 Å². The van der Waals surface area contributed by atoms with Gasteiger partial charge in [0.15, 0.2) is 0 Å². The van der Waals surface area contributed by atoms with Crippen molar-refractivity contribution >= 4 is 17.5 Å². The molecule has 1 atom stereocenters. The van der Waals surface area contributed by atoms with E-state index in [-0.39, 0.29) is 17.4 Å². The smallest absolute Gasteiger partial charge is 0.225 e. The topological polar surface area (TPSA) is 32.3 Å². The lowest BCUT2D eigenvalue weighted by atomic mass is 9.87. The van der Waals surface area contributed by atoms with E-state index in [1.807, 2.05) is 18.2 Å². The van der Waals surface area contributed by atoms with Crippen LogP contribution in [0, 0.1) is 5.92 Å². The van der Waals surface area contributed by atoms with Crippen molar-refractivity contribution in [3.05, 3.63) is 34.3 Å². The SMILES string of the molecule is CCc1cc(Cl)ccc1C(C)(C)NC(=O)C1CCCN(C)C1. The van der Waals surface area contributed by atoms with Crippen LogP contribution >= 0.6 is 11.6 Å². The maximum absolute atomic E-state index is 12.6. The van der Waals surface area contributed by atoms with E-state index in [0.29, 0.717) is 0 Å². The van der Waals surface area contributed by atoms with E-state index in [4.69, 9.17) is 11.6 Å². The number of piperidine rings is 1. The molecular weight excluding hydrogens is 296 g/mol. The fourth-order valence-corrected chi connectivity index (χ4v) is 3.52. The van der Waals surface area contributed by atoms with Crippen molar-refractivity contribution in [1.82, 2.24) is 10.2 Å². The molecule has 1 saturated heterocycles. The summed E-state index contributed by atoms with van der Waals surface area (Å²) in [6.45, 7) is 8.19. The molecule has 0 aliphatic carbocycles. The molecule has 1 unspecified atom stereocenters. The van der Waals surface area contributed by atoms with E-state index in [2.05, 4.69) is 38.0 Å². The summed E-state index contributed by atoms with van der Waals surface area (Å²) in [4.78, 5) is 14.9. The van der Waals surface area contributed by atoms with Gasteiger partial charge in [0, 0.05) is 11.6 Å². The van der Waals surface area contributed by atoms with Gasteiger partial charge < -0.3 is 10.2 Å². The highest BCUT2D eigenvalue weighted by Gasteiger charge is 2.30. The van der Waals surface area contributed by atoms with Crippen molar-refractivity contribution in [2.75, 3.05) is 20.1 Å². The molecule has 0 aromatic heterocycles. The van der Waals surface area contributed by atoms with Crippen LogP contribution in [0.5, 0.6) is 0 Å². The average molecular weight is 323 g/mol. The summed E-state index contributed by atoms with van der Waals surface area (Å²) in [7, 11) is 2.08. The molecule has 0 spiro atoms. The Morgan fingerprint density at radius 1 is 1.45 bits per heavy atom. The molecular formula is C18H27ClN2O. The van der Waals surface area contributed by atoms with Crippen LogP contribution in [0.4, 0.5) is 0 Å². The van der Waals surface area contributed by atoms with Gasteiger partial charge in [0.1, 0.15) is 0 Å². The number of nitrogens with zero attached hydrogens (tertiary/aromatic N) is 1. The molecule has 1 aliphatic rings. The van der Waals surface area contributed by atoms with E-state index >= 15 is 0 Å². The third kappa shape index (κ3) is 4.02. The second-order valence-electron chi connectivity index (χ2n) is 6.87. The van der Waals surface area contributed by atoms with Crippen molar-refractivity contribution in [2.45, 2.75) is 45.6 Å². The number of carbonyl (C=O) groups is 1. The maximum atomic E-state index is 12.6. The quantitative estimate of drug-likeness (QED) is 0.918. The first-order valence-corrected chi connectivity index (χ1v) is 8.50. The minimum Gasteiger partial charge on any atom is -0.347 e. The van der Waals surface area contributed by atoms with Gasteiger partial charge in [-0.25, -0.2) is 0 Å². The standard InChI is InChI=1S/C18H27ClN2O/c1-5-13-11-15(19)8-9-16(13)18(2,3)20-17(22)14-7-6-10-21(4)12-14/h8-9,11,14H,5-7,10,12H2,1-4H3,(H,20,22). The van der Waals surface area contributed by atoms with Crippen molar-refractivity contribution in [1.29, 1.82) is 0 Å².